The molecule has 0 atom stereocenters. The topological polar surface area (TPSA) is 17.8 Å². The van der Waals surface area contributed by atoms with E-state index in [-0.39, 0.29) is 0 Å². The molecule has 0 unspecified atom stereocenters. The van der Waals surface area contributed by atoms with Crippen LogP contribution >= 0.6 is 0 Å². The molecular weight excluding hydrogens is 689 g/mol. The van der Waals surface area contributed by atoms with Crippen LogP contribution in [-0.4, -0.2) is 9.55 Å². The largest absolute Gasteiger partial charge is 0.296 e. The fraction of sp³-hybridized carbons (Fsp3) is 0.0364. The van der Waals surface area contributed by atoms with Gasteiger partial charge in [0.2, 0.25) is 0 Å². The lowest BCUT2D eigenvalue weighted by Crippen LogP contribution is -2.00. The van der Waals surface area contributed by atoms with Crippen LogP contribution in [0.15, 0.2) is 200 Å². The number of nitrogens with zero attached hydrogens (tertiary/aromatic N) is 2. The molecule has 0 radical (unpaired) electrons. The van der Waals surface area contributed by atoms with Crippen LogP contribution in [-0.2, 0) is 6.42 Å². The van der Waals surface area contributed by atoms with E-state index < -0.39 is 0 Å². The maximum absolute atomic E-state index is 4.96. The lowest BCUT2D eigenvalue weighted by molar-refractivity contribution is 0.908. The second-order valence-corrected chi connectivity index (χ2v) is 14.9. The van der Waals surface area contributed by atoms with E-state index in [4.69, 9.17) is 4.98 Å². The number of hydrogen-bond acceptors (Lipinski definition) is 1. The predicted molar refractivity (Wildman–Crippen MR) is 242 cm³/mol. The molecule has 0 fully saturated rings. The van der Waals surface area contributed by atoms with E-state index in [1.54, 1.807) is 0 Å². The first kappa shape index (κ1) is 33.1. The second kappa shape index (κ2) is 13.5. The maximum atomic E-state index is 4.96. The van der Waals surface area contributed by atoms with Crippen molar-refractivity contribution in [2.24, 2.45) is 0 Å². The molecule has 1 heterocycles. The summed E-state index contributed by atoms with van der Waals surface area (Å²) in [7, 11) is 0. The summed E-state index contributed by atoms with van der Waals surface area (Å²) in [6.07, 6.45) is 0.856. The van der Waals surface area contributed by atoms with E-state index in [2.05, 4.69) is 212 Å². The second-order valence-electron chi connectivity index (χ2n) is 14.9. The molecule has 11 rings (SSSR count). The van der Waals surface area contributed by atoms with Crippen LogP contribution < -0.4 is 0 Å². The van der Waals surface area contributed by atoms with Crippen LogP contribution in [0.2, 0.25) is 0 Å². The van der Waals surface area contributed by atoms with Crippen molar-refractivity contribution in [1.29, 1.82) is 0 Å². The summed E-state index contributed by atoms with van der Waals surface area (Å²) in [6.45, 7) is 2.18. The Hall–Kier alpha value is -7.29. The Bertz CT molecular complexity index is 3300. The van der Waals surface area contributed by atoms with Gasteiger partial charge in [-0.3, -0.25) is 4.57 Å². The Morgan fingerprint density at radius 2 is 0.860 bits per heavy atom. The van der Waals surface area contributed by atoms with Gasteiger partial charge in [-0.2, -0.15) is 0 Å². The molecule has 2 heteroatoms. The summed E-state index contributed by atoms with van der Waals surface area (Å²) in [6, 6.07) is 73.4. The van der Waals surface area contributed by atoms with Gasteiger partial charge < -0.3 is 0 Å². The fourth-order valence-electron chi connectivity index (χ4n) is 9.12. The summed E-state index contributed by atoms with van der Waals surface area (Å²) in [5.41, 5.74) is 13.1. The average Bonchev–Trinajstić information content (AvgIpc) is 3.67. The first-order chi connectivity index (χ1) is 28.2. The van der Waals surface area contributed by atoms with Crippen LogP contribution in [0.1, 0.15) is 12.7 Å². The third-order valence-corrected chi connectivity index (χ3v) is 11.8. The molecule has 0 amide bonds. The summed E-state index contributed by atoms with van der Waals surface area (Å²) >= 11 is 0. The van der Waals surface area contributed by atoms with E-state index >= 15 is 0 Å². The Morgan fingerprint density at radius 3 is 1.51 bits per heavy atom. The minimum absolute atomic E-state index is 0.856. The molecule has 268 valence electrons. The zero-order valence-electron chi connectivity index (χ0n) is 31.7. The number of hydrogen-bond donors (Lipinski definition) is 0. The van der Waals surface area contributed by atoms with E-state index in [1.165, 1.54) is 87.6 Å². The third-order valence-electron chi connectivity index (χ3n) is 11.8. The number of benzene rings is 10. The van der Waals surface area contributed by atoms with Gasteiger partial charge >= 0.3 is 0 Å². The fourth-order valence-corrected chi connectivity index (χ4v) is 9.12. The van der Waals surface area contributed by atoms with Crippen molar-refractivity contribution in [3.8, 4) is 50.2 Å². The zero-order chi connectivity index (χ0) is 37.9. The zero-order valence-corrected chi connectivity index (χ0v) is 31.7. The number of aryl methyl sites for hydroxylation is 1. The third kappa shape index (κ3) is 5.44. The van der Waals surface area contributed by atoms with Crippen molar-refractivity contribution in [3.63, 3.8) is 0 Å². The van der Waals surface area contributed by atoms with Crippen LogP contribution in [0, 0.1) is 0 Å². The number of imidazole rings is 1. The first-order valence-electron chi connectivity index (χ1n) is 19.9. The number of rotatable bonds is 6. The minimum atomic E-state index is 0.856. The van der Waals surface area contributed by atoms with E-state index in [9.17, 15) is 0 Å². The SMILES string of the molecule is CCc1nc2ccccc2n1-c1ccc(-c2c3ccccc3c(-c3ccc(-c4cccc5ccccc45)cc3)c3cc(-c4cccc5ccccc45)ccc23)cc1. The highest BCUT2D eigenvalue weighted by molar-refractivity contribution is 6.22. The number of aromatic nitrogens is 2. The predicted octanol–water partition coefficient (Wildman–Crippen LogP) is 14.9. The Morgan fingerprint density at radius 1 is 0.386 bits per heavy atom. The van der Waals surface area contributed by atoms with Gasteiger partial charge in [0.15, 0.2) is 0 Å². The Labute approximate surface area is 331 Å². The quantitative estimate of drug-likeness (QED) is 0.156. The van der Waals surface area contributed by atoms with Crippen LogP contribution in [0.4, 0.5) is 0 Å². The smallest absolute Gasteiger partial charge is 0.114 e. The molecule has 0 saturated heterocycles. The number of fused-ring (bicyclic) bond motifs is 5. The van der Waals surface area contributed by atoms with Gasteiger partial charge in [0.25, 0.3) is 0 Å². The molecule has 0 bridgehead atoms. The Balaban J connectivity index is 1.14. The highest BCUT2D eigenvalue weighted by Gasteiger charge is 2.19. The van der Waals surface area contributed by atoms with E-state index in [0.717, 1.165) is 29.0 Å². The van der Waals surface area contributed by atoms with Crippen molar-refractivity contribution >= 4 is 54.1 Å². The standard InChI is InChI=1S/C55H38N2/c1-2-53-56-51-23-9-10-24-52(51)57(53)42-32-29-40(30-33-42)54-47-19-7-8-20-48(47)55(39-27-25-38(26-28-39)45-21-11-15-36-13-3-5-17-43(36)45)50-35-41(31-34-49(50)54)46-22-12-16-37-14-4-6-18-44(37)46/h3-35H,2H2,1H3. The summed E-state index contributed by atoms with van der Waals surface area (Å²) < 4.78 is 2.30. The Kier molecular flexibility index (Phi) is 7.82. The molecule has 2 nitrogen and oxygen atoms in total. The van der Waals surface area contributed by atoms with E-state index in [1.807, 2.05) is 0 Å². The molecule has 0 aliphatic carbocycles. The van der Waals surface area contributed by atoms with Gasteiger partial charge in [-0.15, -0.1) is 0 Å². The van der Waals surface area contributed by atoms with Crippen molar-refractivity contribution in [1.82, 2.24) is 9.55 Å². The molecule has 10 aromatic carbocycles. The molecule has 11 aromatic rings. The van der Waals surface area contributed by atoms with Gasteiger partial charge in [-0.25, -0.2) is 4.98 Å². The van der Waals surface area contributed by atoms with E-state index in [0.29, 0.717) is 0 Å². The van der Waals surface area contributed by atoms with Crippen LogP contribution in [0.3, 0.4) is 0 Å². The molecule has 0 aliphatic heterocycles. The van der Waals surface area contributed by atoms with Gasteiger partial charge in [0.1, 0.15) is 5.82 Å². The molecule has 0 N–H and O–H groups in total. The summed E-state index contributed by atoms with van der Waals surface area (Å²) in [5.74, 6) is 1.07. The lowest BCUT2D eigenvalue weighted by atomic mass is 9.84. The average molecular weight is 727 g/mol. The van der Waals surface area contributed by atoms with Crippen molar-refractivity contribution in [2.45, 2.75) is 13.3 Å². The van der Waals surface area contributed by atoms with Gasteiger partial charge in [-0.1, -0.05) is 177 Å². The molecule has 0 aliphatic rings. The summed E-state index contributed by atoms with van der Waals surface area (Å²) in [4.78, 5) is 4.96. The molecular formula is C55H38N2. The number of para-hydroxylation sites is 2. The first-order valence-corrected chi connectivity index (χ1v) is 19.9. The maximum Gasteiger partial charge on any atom is 0.114 e. The van der Waals surface area contributed by atoms with Gasteiger partial charge in [0.05, 0.1) is 11.0 Å². The van der Waals surface area contributed by atoms with Crippen LogP contribution in [0.25, 0.3) is 104 Å². The molecule has 1 aromatic heterocycles. The lowest BCUT2D eigenvalue weighted by Gasteiger charge is -2.19. The monoisotopic (exact) mass is 726 g/mol. The highest BCUT2D eigenvalue weighted by Crippen LogP contribution is 2.46. The van der Waals surface area contributed by atoms with Crippen molar-refractivity contribution in [3.05, 3.63) is 206 Å². The van der Waals surface area contributed by atoms with Crippen LogP contribution in [0.5, 0.6) is 0 Å². The molecule has 0 saturated carbocycles. The summed E-state index contributed by atoms with van der Waals surface area (Å²) in [5, 5.41) is 9.99. The highest BCUT2D eigenvalue weighted by atomic mass is 15.1. The van der Waals surface area contributed by atoms with Gasteiger partial charge in [0, 0.05) is 12.1 Å². The van der Waals surface area contributed by atoms with Crippen molar-refractivity contribution < 1.29 is 0 Å². The normalized spacial score (nSPS) is 11.7. The van der Waals surface area contributed by atoms with Crippen molar-refractivity contribution in [2.75, 3.05) is 0 Å². The molecule has 57 heavy (non-hydrogen) atoms. The molecule has 0 spiro atoms. The minimum Gasteiger partial charge on any atom is -0.296 e. The van der Waals surface area contributed by atoms with Gasteiger partial charge in [-0.05, 0) is 118 Å².